The molecule has 1 saturated heterocycles. The highest BCUT2D eigenvalue weighted by molar-refractivity contribution is 5.06. The Balaban J connectivity index is 1.82. The van der Waals surface area contributed by atoms with E-state index in [0.717, 1.165) is 25.3 Å². The van der Waals surface area contributed by atoms with Gasteiger partial charge in [-0.2, -0.15) is 0 Å². The summed E-state index contributed by atoms with van der Waals surface area (Å²) in [6, 6.07) is 4.43. The van der Waals surface area contributed by atoms with Crippen molar-refractivity contribution in [3.63, 3.8) is 0 Å². The van der Waals surface area contributed by atoms with E-state index in [0.29, 0.717) is 6.04 Å². The van der Waals surface area contributed by atoms with Gasteiger partial charge in [-0.15, -0.1) is 0 Å². The van der Waals surface area contributed by atoms with E-state index >= 15 is 0 Å². The Labute approximate surface area is 122 Å². The fourth-order valence-electron chi connectivity index (χ4n) is 2.67. The number of nitrogens with one attached hydrogen (secondary N) is 1. The molecule has 1 aromatic rings. The molecular weight excluding hydrogens is 252 g/mol. The first-order valence-corrected chi connectivity index (χ1v) is 7.66. The van der Waals surface area contributed by atoms with Crippen LogP contribution in [0, 0.1) is 0 Å². The lowest BCUT2D eigenvalue weighted by Crippen LogP contribution is -2.36. The second-order valence-electron chi connectivity index (χ2n) is 6.19. The van der Waals surface area contributed by atoms with Crippen molar-refractivity contribution >= 4 is 0 Å². The molecule has 2 rings (SSSR count). The van der Waals surface area contributed by atoms with Crippen LogP contribution in [0.1, 0.15) is 44.9 Å². The van der Waals surface area contributed by atoms with Gasteiger partial charge in [-0.3, -0.25) is 4.90 Å². The molecule has 1 aliphatic heterocycles. The lowest BCUT2D eigenvalue weighted by molar-refractivity contribution is 0.0155. The van der Waals surface area contributed by atoms with Crippen LogP contribution in [0.3, 0.4) is 0 Å². The molecule has 1 unspecified atom stereocenters. The number of methoxy groups -OCH3 is 1. The van der Waals surface area contributed by atoms with Gasteiger partial charge in [0.05, 0.1) is 17.9 Å². The summed E-state index contributed by atoms with van der Waals surface area (Å²) in [5, 5.41) is 3.56. The summed E-state index contributed by atoms with van der Waals surface area (Å²) in [5.41, 5.74) is -0.0547. The zero-order valence-electron chi connectivity index (χ0n) is 13.0. The van der Waals surface area contributed by atoms with Crippen molar-refractivity contribution in [2.24, 2.45) is 0 Å². The van der Waals surface area contributed by atoms with E-state index in [1.807, 2.05) is 6.07 Å². The summed E-state index contributed by atoms with van der Waals surface area (Å²) in [7, 11) is 1.77. The monoisotopic (exact) mass is 280 g/mol. The van der Waals surface area contributed by atoms with E-state index in [1.165, 1.54) is 25.9 Å². The summed E-state index contributed by atoms with van der Waals surface area (Å²) in [6.45, 7) is 8.50. The molecule has 0 aromatic carbocycles. The highest BCUT2D eigenvalue weighted by Gasteiger charge is 2.25. The Morgan fingerprint density at radius 2 is 2.15 bits per heavy atom. The van der Waals surface area contributed by atoms with E-state index in [1.54, 1.807) is 13.4 Å². The van der Waals surface area contributed by atoms with Crippen molar-refractivity contribution < 1.29 is 9.15 Å². The van der Waals surface area contributed by atoms with Gasteiger partial charge in [-0.1, -0.05) is 0 Å². The average Bonchev–Trinajstić information content (AvgIpc) is 3.11. The van der Waals surface area contributed by atoms with Gasteiger partial charge in [-0.25, -0.2) is 0 Å². The van der Waals surface area contributed by atoms with Crippen molar-refractivity contribution in [1.29, 1.82) is 0 Å². The van der Waals surface area contributed by atoms with Gasteiger partial charge in [0.1, 0.15) is 5.76 Å². The summed E-state index contributed by atoms with van der Waals surface area (Å²) < 4.78 is 11.1. The molecule has 0 aliphatic carbocycles. The zero-order chi connectivity index (χ0) is 14.4. The zero-order valence-corrected chi connectivity index (χ0v) is 13.0. The van der Waals surface area contributed by atoms with Crippen molar-refractivity contribution in [2.75, 3.05) is 33.3 Å². The third kappa shape index (κ3) is 4.33. The van der Waals surface area contributed by atoms with Crippen molar-refractivity contribution in [3.8, 4) is 0 Å². The van der Waals surface area contributed by atoms with E-state index < -0.39 is 0 Å². The molecule has 114 valence electrons. The van der Waals surface area contributed by atoms with Crippen LogP contribution < -0.4 is 5.32 Å². The molecule has 20 heavy (non-hydrogen) atoms. The first kappa shape index (κ1) is 15.5. The van der Waals surface area contributed by atoms with Gasteiger partial charge in [-0.05, 0) is 64.9 Å². The molecule has 2 heterocycles. The molecule has 1 fully saturated rings. The number of hydrogen-bond acceptors (Lipinski definition) is 4. The SMILES string of the molecule is COC(C)(C)CCNCC(c1ccco1)N1CCCC1. The minimum Gasteiger partial charge on any atom is -0.468 e. The number of furan rings is 1. The Morgan fingerprint density at radius 1 is 1.40 bits per heavy atom. The highest BCUT2D eigenvalue weighted by atomic mass is 16.5. The standard InChI is InChI=1S/C16H28N2O2/c1-16(2,19-3)8-9-17-13-14(15-7-6-12-20-15)18-10-4-5-11-18/h6-7,12,14,17H,4-5,8-11,13H2,1-3H3. The van der Waals surface area contributed by atoms with Crippen LogP contribution in [-0.4, -0.2) is 43.8 Å². The summed E-state index contributed by atoms with van der Waals surface area (Å²) in [6.07, 6.45) is 5.38. The Bertz CT molecular complexity index is 370. The van der Waals surface area contributed by atoms with Crippen molar-refractivity contribution in [1.82, 2.24) is 10.2 Å². The minimum absolute atomic E-state index is 0.0547. The predicted molar refractivity (Wildman–Crippen MR) is 80.8 cm³/mol. The molecule has 1 aliphatic rings. The number of rotatable bonds is 8. The summed E-state index contributed by atoms with van der Waals surface area (Å²) in [5.74, 6) is 1.07. The number of nitrogens with zero attached hydrogens (tertiary/aromatic N) is 1. The van der Waals surface area contributed by atoms with E-state index in [-0.39, 0.29) is 5.60 Å². The predicted octanol–water partition coefficient (Wildman–Crippen LogP) is 2.82. The topological polar surface area (TPSA) is 37.6 Å². The number of ether oxygens (including phenoxy) is 1. The molecular formula is C16H28N2O2. The van der Waals surface area contributed by atoms with Crippen LogP contribution in [0.15, 0.2) is 22.8 Å². The lowest BCUT2D eigenvalue weighted by Gasteiger charge is -2.27. The smallest absolute Gasteiger partial charge is 0.122 e. The minimum atomic E-state index is -0.0547. The molecule has 0 bridgehead atoms. The quantitative estimate of drug-likeness (QED) is 0.743. The molecule has 4 heteroatoms. The number of hydrogen-bond donors (Lipinski definition) is 1. The number of likely N-dealkylation sites (tertiary alicyclic amines) is 1. The van der Waals surface area contributed by atoms with E-state index in [4.69, 9.17) is 9.15 Å². The van der Waals surface area contributed by atoms with Crippen LogP contribution in [0.4, 0.5) is 0 Å². The second-order valence-corrected chi connectivity index (χ2v) is 6.19. The average molecular weight is 280 g/mol. The van der Waals surface area contributed by atoms with Gasteiger partial charge >= 0.3 is 0 Å². The van der Waals surface area contributed by atoms with Gasteiger partial charge in [0.25, 0.3) is 0 Å². The normalized spacial score (nSPS) is 18.6. The van der Waals surface area contributed by atoms with Gasteiger partial charge in [0.15, 0.2) is 0 Å². The van der Waals surface area contributed by atoms with Crippen molar-refractivity contribution in [2.45, 2.75) is 44.8 Å². The molecule has 0 amide bonds. The highest BCUT2D eigenvalue weighted by Crippen LogP contribution is 2.25. The fraction of sp³-hybridized carbons (Fsp3) is 0.750. The third-order valence-electron chi connectivity index (χ3n) is 4.25. The maximum absolute atomic E-state index is 5.62. The first-order valence-electron chi connectivity index (χ1n) is 7.66. The van der Waals surface area contributed by atoms with Crippen LogP contribution >= 0.6 is 0 Å². The van der Waals surface area contributed by atoms with Crippen LogP contribution in [0.2, 0.25) is 0 Å². The molecule has 4 nitrogen and oxygen atoms in total. The summed E-state index contributed by atoms with van der Waals surface area (Å²) >= 11 is 0. The van der Waals surface area contributed by atoms with Crippen LogP contribution in [0.25, 0.3) is 0 Å². The Hall–Kier alpha value is -0.840. The van der Waals surface area contributed by atoms with E-state index in [2.05, 4.69) is 30.1 Å². The first-order chi connectivity index (χ1) is 9.62. The molecule has 0 saturated carbocycles. The van der Waals surface area contributed by atoms with E-state index in [9.17, 15) is 0 Å². The van der Waals surface area contributed by atoms with Gasteiger partial charge in [0, 0.05) is 13.7 Å². The van der Waals surface area contributed by atoms with Crippen LogP contribution in [-0.2, 0) is 4.74 Å². The maximum Gasteiger partial charge on any atom is 0.122 e. The summed E-state index contributed by atoms with van der Waals surface area (Å²) in [4.78, 5) is 2.52. The Morgan fingerprint density at radius 3 is 2.75 bits per heavy atom. The molecule has 1 N–H and O–H groups in total. The third-order valence-corrected chi connectivity index (χ3v) is 4.25. The lowest BCUT2D eigenvalue weighted by atomic mass is 10.1. The van der Waals surface area contributed by atoms with Gasteiger partial charge < -0.3 is 14.5 Å². The Kier molecular flexibility index (Phi) is 5.64. The molecule has 1 aromatic heterocycles. The maximum atomic E-state index is 5.62. The van der Waals surface area contributed by atoms with Crippen molar-refractivity contribution in [3.05, 3.63) is 24.2 Å². The van der Waals surface area contributed by atoms with Crippen LogP contribution in [0.5, 0.6) is 0 Å². The van der Waals surface area contributed by atoms with Gasteiger partial charge in [0.2, 0.25) is 0 Å². The largest absolute Gasteiger partial charge is 0.468 e. The second kappa shape index (κ2) is 7.25. The molecule has 1 atom stereocenters. The fourth-order valence-corrected chi connectivity index (χ4v) is 2.67. The molecule has 0 radical (unpaired) electrons. The molecule has 0 spiro atoms.